The number of para-hydroxylation sites is 1. The zero-order valence-corrected chi connectivity index (χ0v) is 10.8. The van der Waals surface area contributed by atoms with Gasteiger partial charge >= 0.3 is 5.97 Å². The third-order valence-corrected chi connectivity index (χ3v) is 2.79. The molecule has 0 aliphatic carbocycles. The molecule has 98 valence electrons. The minimum absolute atomic E-state index is 0.0398. The Hall–Kier alpha value is -2.36. The quantitative estimate of drug-likeness (QED) is 0.859. The summed E-state index contributed by atoms with van der Waals surface area (Å²) in [7, 11) is 0. The van der Waals surface area contributed by atoms with E-state index in [1.165, 1.54) is 17.8 Å². The van der Waals surface area contributed by atoms with Crippen molar-refractivity contribution in [2.75, 3.05) is 5.32 Å². The van der Waals surface area contributed by atoms with E-state index in [2.05, 4.69) is 23.3 Å². The molecule has 1 aromatic heterocycles. The van der Waals surface area contributed by atoms with Crippen LogP contribution in [0.5, 0.6) is 0 Å². The average Bonchev–Trinajstić information content (AvgIpc) is 2.41. The Morgan fingerprint density at radius 3 is 2.84 bits per heavy atom. The Kier molecular flexibility index (Phi) is 4.13. The fraction of sp³-hybridized carbons (Fsp3) is 0.200. The molecule has 0 atom stereocenters. The molecule has 0 saturated heterocycles. The predicted octanol–water partition coefficient (Wildman–Crippen LogP) is 3.48. The lowest BCUT2D eigenvalue weighted by atomic mass is 10.1. The van der Waals surface area contributed by atoms with E-state index in [0.717, 1.165) is 24.2 Å². The summed E-state index contributed by atoms with van der Waals surface area (Å²) in [6.07, 6.45) is 3.55. The Morgan fingerprint density at radius 1 is 1.32 bits per heavy atom. The highest BCUT2D eigenvalue weighted by atomic mass is 16.4. The third-order valence-electron chi connectivity index (χ3n) is 2.79. The van der Waals surface area contributed by atoms with Gasteiger partial charge in [0.1, 0.15) is 5.69 Å². The van der Waals surface area contributed by atoms with Gasteiger partial charge in [-0.25, -0.2) is 9.78 Å². The van der Waals surface area contributed by atoms with Gasteiger partial charge in [0.2, 0.25) is 0 Å². The summed E-state index contributed by atoms with van der Waals surface area (Å²) in [5, 5.41) is 12.2. The number of aromatic carboxylic acids is 1. The number of nitrogens with zero attached hydrogens (tertiary/aromatic N) is 1. The Morgan fingerprint density at radius 2 is 2.11 bits per heavy atom. The summed E-state index contributed by atoms with van der Waals surface area (Å²) in [6, 6.07) is 11.3. The minimum Gasteiger partial charge on any atom is -0.477 e. The molecule has 2 rings (SSSR count). The molecule has 1 heterocycles. The van der Waals surface area contributed by atoms with Gasteiger partial charge in [0.15, 0.2) is 0 Å². The fourth-order valence-electron chi connectivity index (χ4n) is 1.91. The molecule has 0 aliphatic rings. The maximum Gasteiger partial charge on any atom is 0.354 e. The predicted molar refractivity (Wildman–Crippen MR) is 74.9 cm³/mol. The standard InChI is InChI=1S/C15H16N2O2/c1-2-5-11-6-3-4-7-13(11)17-12-8-9-16-14(10-12)15(18)19/h3-4,6-10H,2,5H2,1H3,(H,16,17)(H,18,19). The van der Waals surface area contributed by atoms with Crippen molar-refractivity contribution in [3.05, 3.63) is 53.9 Å². The van der Waals surface area contributed by atoms with E-state index in [9.17, 15) is 4.79 Å². The van der Waals surface area contributed by atoms with E-state index in [1.807, 2.05) is 18.2 Å². The molecule has 0 amide bonds. The number of aromatic nitrogens is 1. The number of carbonyl (C=O) groups is 1. The van der Waals surface area contributed by atoms with Crippen molar-refractivity contribution >= 4 is 17.3 Å². The van der Waals surface area contributed by atoms with Crippen LogP contribution in [0.4, 0.5) is 11.4 Å². The van der Waals surface area contributed by atoms with Crippen LogP contribution in [-0.2, 0) is 6.42 Å². The lowest BCUT2D eigenvalue weighted by Gasteiger charge is -2.11. The first kappa shape index (κ1) is 13.1. The van der Waals surface area contributed by atoms with Crippen molar-refractivity contribution in [1.29, 1.82) is 0 Å². The van der Waals surface area contributed by atoms with Gasteiger partial charge in [0, 0.05) is 17.6 Å². The second kappa shape index (κ2) is 6.00. The largest absolute Gasteiger partial charge is 0.477 e. The van der Waals surface area contributed by atoms with Crippen LogP contribution < -0.4 is 5.32 Å². The first-order chi connectivity index (χ1) is 9.20. The van der Waals surface area contributed by atoms with E-state index >= 15 is 0 Å². The number of aryl methyl sites for hydroxylation is 1. The van der Waals surface area contributed by atoms with Crippen LogP contribution in [0, 0.1) is 0 Å². The van der Waals surface area contributed by atoms with Crippen LogP contribution >= 0.6 is 0 Å². The highest BCUT2D eigenvalue weighted by molar-refractivity contribution is 5.86. The van der Waals surface area contributed by atoms with Crippen molar-refractivity contribution < 1.29 is 9.90 Å². The van der Waals surface area contributed by atoms with Crippen LogP contribution in [0.3, 0.4) is 0 Å². The summed E-state index contributed by atoms with van der Waals surface area (Å²) in [4.78, 5) is 14.7. The summed E-state index contributed by atoms with van der Waals surface area (Å²) < 4.78 is 0. The van der Waals surface area contributed by atoms with Gasteiger partial charge in [0.25, 0.3) is 0 Å². The molecule has 0 unspecified atom stereocenters. The molecule has 4 heteroatoms. The van der Waals surface area contributed by atoms with Gasteiger partial charge in [-0.3, -0.25) is 0 Å². The summed E-state index contributed by atoms with van der Waals surface area (Å²) in [5.41, 5.74) is 3.00. The topological polar surface area (TPSA) is 62.2 Å². The summed E-state index contributed by atoms with van der Waals surface area (Å²) in [6.45, 7) is 2.13. The maximum atomic E-state index is 10.9. The van der Waals surface area contributed by atoms with E-state index in [1.54, 1.807) is 6.07 Å². The van der Waals surface area contributed by atoms with Gasteiger partial charge in [-0.05, 0) is 30.2 Å². The number of benzene rings is 1. The lowest BCUT2D eigenvalue weighted by Crippen LogP contribution is -2.02. The van der Waals surface area contributed by atoms with E-state index in [-0.39, 0.29) is 5.69 Å². The number of pyridine rings is 1. The van der Waals surface area contributed by atoms with Crippen molar-refractivity contribution in [3.8, 4) is 0 Å². The van der Waals surface area contributed by atoms with Gasteiger partial charge < -0.3 is 10.4 Å². The molecule has 0 saturated carbocycles. The molecule has 19 heavy (non-hydrogen) atoms. The lowest BCUT2D eigenvalue weighted by molar-refractivity contribution is 0.0690. The molecular weight excluding hydrogens is 240 g/mol. The van der Waals surface area contributed by atoms with Crippen LogP contribution in [0.15, 0.2) is 42.6 Å². The Bertz CT molecular complexity index is 582. The number of hydrogen-bond donors (Lipinski definition) is 2. The zero-order valence-electron chi connectivity index (χ0n) is 10.8. The number of carboxylic acid groups (broad SMARTS) is 1. The number of nitrogens with one attached hydrogen (secondary N) is 1. The van der Waals surface area contributed by atoms with Crippen LogP contribution in [0.2, 0.25) is 0 Å². The van der Waals surface area contributed by atoms with Crippen LogP contribution in [0.1, 0.15) is 29.4 Å². The molecule has 0 spiro atoms. The van der Waals surface area contributed by atoms with Crippen LogP contribution in [0.25, 0.3) is 0 Å². The van der Waals surface area contributed by atoms with E-state index < -0.39 is 5.97 Å². The van der Waals surface area contributed by atoms with Gasteiger partial charge in [-0.2, -0.15) is 0 Å². The smallest absolute Gasteiger partial charge is 0.354 e. The van der Waals surface area contributed by atoms with Crippen LogP contribution in [-0.4, -0.2) is 16.1 Å². The highest BCUT2D eigenvalue weighted by Gasteiger charge is 2.06. The monoisotopic (exact) mass is 256 g/mol. The first-order valence-electron chi connectivity index (χ1n) is 6.25. The van der Waals surface area contributed by atoms with E-state index in [4.69, 9.17) is 5.11 Å². The Labute approximate surface area is 112 Å². The molecule has 1 aromatic carbocycles. The molecule has 2 N–H and O–H groups in total. The highest BCUT2D eigenvalue weighted by Crippen LogP contribution is 2.22. The molecule has 4 nitrogen and oxygen atoms in total. The van der Waals surface area contributed by atoms with Gasteiger partial charge in [0.05, 0.1) is 0 Å². The van der Waals surface area contributed by atoms with Crippen molar-refractivity contribution in [3.63, 3.8) is 0 Å². The number of anilines is 2. The fourth-order valence-corrected chi connectivity index (χ4v) is 1.91. The molecular formula is C15H16N2O2. The van der Waals surface area contributed by atoms with Gasteiger partial charge in [-0.15, -0.1) is 0 Å². The molecule has 2 aromatic rings. The molecule has 0 bridgehead atoms. The normalized spacial score (nSPS) is 10.2. The number of carboxylic acids is 1. The molecule has 0 radical (unpaired) electrons. The Balaban J connectivity index is 2.26. The SMILES string of the molecule is CCCc1ccccc1Nc1ccnc(C(=O)O)c1. The molecule has 0 fully saturated rings. The van der Waals surface area contributed by atoms with Crippen molar-refractivity contribution in [2.45, 2.75) is 19.8 Å². The number of hydrogen-bond acceptors (Lipinski definition) is 3. The zero-order chi connectivity index (χ0) is 13.7. The van der Waals surface area contributed by atoms with Gasteiger partial charge in [-0.1, -0.05) is 31.5 Å². The summed E-state index contributed by atoms with van der Waals surface area (Å²) >= 11 is 0. The second-order valence-corrected chi connectivity index (χ2v) is 4.27. The average molecular weight is 256 g/mol. The van der Waals surface area contributed by atoms with E-state index in [0.29, 0.717) is 0 Å². The second-order valence-electron chi connectivity index (χ2n) is 4.27. The summed E-state index contributed by atoms with van der Waals surface area (Å²) in [5.74, 6) is -1.02. The van der Waals surface area contributed by atoms with Crippen molar-refractivity contribution in [2.24, 2.45) is 0 Å². The van der Waals surface area contributed by atoms with Crippen molar-refractivity contribution in [1.82, 2.24) is 4.98 Å². The first-order valence-corrected chi connectivity index (χ1v) is 6.25. The minimum atomic E-state index is -1.02. The number of rotatable bonds is 5. The third kappa shape index (κ3) is 3.31. The molecule has 0 aliphatic heterocycles. The maximum absolute atomic E-state index is 10.9.